The summed E-state index contributed by atoms with van der Waals surface area (Å²) >= 11 is 0. The van der Waals surface area contributed by atoms with Gasteiger partial charge in [0.15, 0.2) is 0 Å². The third kappa shape index (κ3) is 4.62. The lowest BCUT2D eigenvalue weighted by atomic mass is 9.95. The van der Waals surface area contributed by atoms with Crippen molar-refractivity contribution >= 4 is 12.2 Å². The van der Waals surface area contributed by atoms with E-state index in [0.29, 0.717) is 6.42 Å². The van der Waals surface area contributed by atoms with Crippen molar-refractivity contribution in [2.75, 3.05) is 0 Å². The Bertz CT molecular complexity index is 1130. The quantitative estimate of drug-likeness (QED) is 0.607. The van der Waals surface area contributed by atoms with Gasteiger partial charge in [-0.2, -0.15) is 0 Å². The van der Waals surface area contributed by atoms with Gasteiger partial charge in [-0.1, -0.05) is 20.8 Å². The molecule has 1 N–H and O–H groups in total. The summed E-state index contributed by atoms with van der Waals surface area (Å²) in [5, 5.41) is 9.95. The lowest BCUT2D eigenvalue weighted by Crippen LogP contribution is -2.31. The topological polar surface area (TPSA) is 77.2 Å². The molecule has 2 aromatic heterocycles. The molecule has 4 rings (SSSR count). The highest BCUT2D eigenvalue weighted by Gasteiger charge is 2.28. The summed E-state index contributed by atoms with van der Waals surface area (Å²) in [7, 11) is 0. The molecular weight excluding hydrogens is 409 g/mol. The average molecular weight is 435 g/mol. The highest BCUT2D eigenvalue weighted by molar-refractivity contribution is 5.80. The standard InChI is InChI=1S/C25H26FN3O3/c1-25(2,3)24-28-22(16-8-11-27-12-9-16)23(17-4-6-18(26)7-5-17)29(24)13-10-20-14-19(30)15-21(31)32-20/h4-13,19-20,30H,14-15H2,1-3H3/b13-10+. The molecule has 1 fully saturated rings. The number of cyclic esters (lactones) is 1. The minimum absolute atomic E-state index is 0.00960. The zero-order chi connectivity index (χ0) is 22.9. The summed E-state index contributed by atoms with van der Waals surface area (Å²) in [4.78, 5) is 20.8. The first-order valence-electron chi connectivity index (χ1n) is 10.6. The van der Waals surface area contributed by atoms with Gasteiger partial charge in [-0.15, -0.1) is 0 Å². The highest BCUT2D eigenvalue weighted by atomic mass is 19.1. The Labute approximate surface area is 186 Å². The van der Waals surface area contributed by atoms with E-state index in [1.54, 1.807) is 30.6 Å². The van der Waals surface area contributed by atoms with Crippen molar-refractivity contribution in [2.45, 2.75) is 51.2 Å². The molecule has 1 aliphatic rings. The zero-order valence-electron chi connectivity index (χ0n) is 18.3. The molecule has 0 amide bonds. The predicted molar refractivity (Wildman–Crippen MR) is 120 cm³/mol. The number of hydrogen-bond acceptors (Lipinski definition) is 5. The molecule has 6 nitrogen and oxygen atoms in total. The average Bonchev–Trinajstić information content (AvgIpc) is 3.13. The van der Waals surface area contributed by atoms with Crippen LogP contribution in [0.25, 0.3) is 28.7 Å². The Morgan fingerprint density at radius 1 is 1.12 bits per heavy atom. The number of carbonyl (C=O) groups is 1. The van der Waals surface area contributed by atoms with E-state index in [0.717, 1.165) is 28.3 Å². The fourth-order valence-electron chi connectivity index (χ4n) is 3.81. The predicted octanol–water partition coefficient (Wildman–Crippen LogP) is 4.59. The van der Waals surface area contributed by atoms with Crippen molar-refractivity contribution < 1.29 is 19.0 Å². The molecule has 0 spiro atoms. The number of ether oxygens (including phenoxy) is 1. The minimum atomic E-state index is -0.722. The molecule has 1 aromatic carbocycles. The summed E-state index contributed by atoms with van der Waals surface area (Å²) in [5.41, 5.74) is 2.91. The summed E-state index contributed by atoms with van der Waals surface area (Å²) in [6.07, 6.45) is 6.09. The Balaban J connectivity index is 1.90. The van der Waals surface area contributed by atoms with Gasteiger partial charge in [0.25, 0.3) is 0 Å². The van der Waals surface area contributed by atoms with Gasteiger partial charge in [-0.25, -0.2) is 9.37 Å². The molecule has 1 aliphatic heterocycles. The van der Waals surface area contributed by atoms with Crippen LogP contribution in [0.4, 0.5) is 4.39 Å². The Kier molecular flexibility index (Phi) is 5.93. The molecule has 3 aromatic rings. The number of esters is 1. The van der Waals surface area contributed by atoms with Gasteiger partial charge in [0.1, 0.15) is 17.7 Å². The van der Waals surface area contributed by atoms with Gasteiger partial charge in [0.05, 0.1) is 23.9 Å². The van der Waals surface area contributed by atoms with E-state index < -0.39 is 18.2 Å². The molecule has 1 saturated heterocycles. The number of imidazole rings is 1. The van der Waals surface area contributed by atoms with Crippen LogP contribution in [-0.2, 0) is 14.9 Å². The molecule has 0 radical (unpaired) electrons. The summed E-state index contributed by atoms with van der Waals surface area (Å²) in [5.74, 6) is 0.0545. The van der Waals surface area contributed by atoms with Crippen molar-refractivity contribution in [3.05, 3.63) is 66.5 Å². The SMILES string of the molecule is CC(C)(C)c1nc(-c2ccncc2)c(-c2ccc(F)cc2)n1/C=C/C1CC(O)CC(=O)O1. The Morgan fingerprint density at radius 3 is 2.44 bits per heavy atom. The van der Waals surface area contributed by atoms with Gasteiger partial charge in [-0.3, -0.25) is 9.78 Å². The van der Waals surface area contributed by atoms with Crippen LogP contribution in [0.15, 0.2) is 54.9 Å². The van der Waals surface area contributed by atoms with E-state index in [-0.39, 0.29) is 17.7 Å². The molecule has 0 saturated carbocycles. The van der Waals surface area contributed by atoms with Crippen LogP contribution < -0.4 is 0 Å². The molecule has 2 atom stereocenters. The van der Waals surface area contributed by atoms with E-state index in [1.807, 2.05) is 22.9 Å². The minimum Gasteiger partial charge on any atom is -0.458 e. The van der Waals surface area contributed by atoms with Gasteiger partial charge >= 0.3 is 5.97 Å². The van der Waals surface area contributed by atoms with Gasteiger partial charge in [-0.05, 0) is 42.5 Å². The molecule has 32 heavy (non-hydrogen) atoms. The maximum Gasteiger partial charge on any atom is 0.309 e. The van der Waals surface area contributed by atoms with E-state index in [9.17, 15) is 14.3 Å². The number of pyridine rings is 1. The highest BCUT2D eigenvalue weighted by Crippen LogP contribution is 2.37. The van der Waals surface area contributed by atoms with Crippen LogP contribution in [-0.4, -0.2) is 37.8 Å². The second-order valence-corrected chi connectivity index (χ2v) is 8.96. The molecule has 0 aliphatic carbocycles. The number of rotatable bonds is 4. The van der Waals surface area contributed by atoms with Gasteiger partial charge < -0.3 is 14.4 Å². The molecule has 7 heteroatoms. The van der Waals surface area contributed by atoms with Crippen molar-refractivity contribution in [1.29, 1.82) is 0 Å². The lowest BCUT2D eigenvalue weighted by molar-refractivity contribution is -0.156. The van der Waals surface area contributed by atoms with Crippen LogP contribution >= 0.6 is 0 Å². The first-order valence-corrected chi connectivity index (χ1v) is 10.6. The van der Waals surface area contributed by atoms with E-state index in [1.165, 1.54) is 12.1 Å². The zero-order valence-corrected chi connectivity index (χ0v) is 18.3. The molecular formula is C25H26FN3O3. The fourth-order valence-corrected chi connectivity index (χ4v) is 3.81. The maximum atomic E-state index is 13.7. The second-order valence-electron chi connectivity index (χ2n) is 8.96. The van der Waals surface area contributed by atoms with Crippen molar-refractivity contribution in [3.63, 3.8) is 0 Å². The van der Waals surface area contributed by atoms with E-state index >= 15 is 0 Å². The van der Waals surface area contributed by atoms with Crippen LogP contribution in [0, 0.1) is 5.82 Å². The van der Waals surface area contributed by atoms with Gasteiger partial charge in [0, 0.05) is 41.6 Å². The fraction of sp³-hybridized carbons (Fsp3) is 0.320. The van der Waals surface area contributed by atoms with E-state index in [4.69, 9.17) is 9.72 Å². The third-order valence-corrected chi connectivity index (χ3v) is 5.29. The Hall–Kier alpha value is -3.32. The summed E-state index contributed by atoms with van der Waals surface area (Å²) in [6.45, 7) is 6.19. The monoisotopic (exact) mass is 435 g/mol. The Morgan fingerprint density at radius 2 is 1.81 bits per heavy atom. The molecule has 2 unspecified atom stereocenters. The first-order chi connectivity index (χ1) is 15.2. The number of hydrogen-bond donors (Lipinski definition) is 1. The summed E-state index contributed by atoms with van der Waals surface area (Å²) < 4.78 is 21.0. The molecule has 3 heterocycles. The third-order valence-electron chi connectivity index (χ3n) is 5.29. The van der Waals surface area contributed by atoms with Crippen LogP contribution in [0.3, 0.4) is 0 Å². The van der Waals surface area contributed by atoms with Crippen molar-refractivity contribution in [3.8, 4) is 22.5 Å². The van der Waals surface area contributed by atoms with Gasteiger partial charge in [0.2, 0.25) is 0 Å². The number of carbonyl (C=O) groups excluding carboxylic acids is 1. The molecule has 166 valence electrons. The number of aromatic nitrogens is 3. The maximum absolute atomic E-state index is 13.7. The normalized spacial score (nSPS) is 19.3. The lowest BCUT2D eigenvalue weighted by Gasteiger charge is -2.24. The number of halogens is 1. The van der Waals surface area contributed by atoms with Crippen molar-refractivity contribution in [2.24, 2.45) is 0 Å². The molecule has 0 bridgehead atoms. The number of benzene rings is 1. The van der Waals surface area contributed by atoms with E-state index in [2.05, 4.69) is 25.8 Å². The largest absolute Gasteiger partial charge is 0.458 e. The number of aliphatic hydroxyl groups excluding tert-OH is 1. The smallest absolute Gasteiger partial charge is 0.309 e. The second kappa shape index (κ2) is 8.67. The van der Waals surface area contributed by atoms with Crippen LogP contribution in [0.1, 0.15) is 39.4 Å². The van der Waals surface area contributed by atoms with Crippen molar-refractivity contribution in [1.82, 2.24) is 14.5 Å². The summed E-state index contributed by atoms with van der Waals surface area (Å²) in [6, 6.07) is 10.0. The number of aliphatic hydroxyl groups is 1. The first kappa shape index (κ1) is 21.9. The van der Waals surface area contributed by atoms with Crippen LogP contribution in [0.5, 0.6) is 0 Å². The van der Waals surface area contributed by atoms with Crippen LogP contribution in [0.2, 0.25) is 0 Å². The number of nitrogens with zero attached hydrogens (tertiary/aromatic N) is 3.